The molecule has 2 aromatic heterocycles. The Kier molecular flexibility index (Phi) is 3.57. The molecule has 4 nitrogen and oxygen atoms in total. The van der Waals surface area contributed by atoms with E-state index in [1.807, 2.05) is 18.6 Å². The Morgan fingerprint density at radius 2 is 2.16 bits per heavy atom. The summed E-state index contributed by atoms with van der Waals surface area (Å²) in [6, 6.07) is 8.25. The van der Waals surface area contributed by atoms with E-state index in [2.05, 4.69) is 45.0 Å². The van der Waals surface area contributed by atoms with Crippen LogP contribution < -0.4 is 5.32 Å². The number of benzene rings is 1. The Morgan fingerprint density at radius 3 is 3.00 bits per heavy atom. The van der Waals surface area contributed by atoms with Gasteiger partial charge in [-0.15, -0.1) is 11.3 Å². The summed E-state index contributed by atoms with van der Waals surface area (Å²) >= 11 is 1.75. The maximum absolute atomic E-state index is 4.61. The maximum Gasteiger partial charge on any atom is 0.108 e. The number of fused-ring (bicyclic) bond motifs is 1. The van der Waals surface area contributed by atoms with E-state index in [-0.39, 0.29) is 0 Å². The highest BCUT2D eigenvalue weighted by Crippen LogP contribution is 2.21. The number of hydrogen-bond acceptors (Lipinski definition) is 4. The van der Waals surface area contributed by atoms with Crippen molar-refractivity contribution < 1.29 is 0 Å². The SMILES string of the molecule is CCn1cncc1CNCc1nc2ccccc2s1. The van der Waals surface area contributed by atoms with Crippen LogP contribution in [0.25, 0.3) is 10.2 Å². The van der Waals surface area contributed by atoms with Crippen LogP contribution in [-0.2, 0) is 19.6 Å². The van der Waals surface area contributed by atoms with Crippen LogP contribution in [-0.4, -0.2) is 14.5 Å². The highest BCUT2D eigenvalue weighted by molar-refractivity contribution is 7.18. The molecule has 98 valence electrons. The molecule has 19 heavy (non-hydrogen) atoms. The predicted molar refractivity (Wildman–Crippen MR) is 78.1 cm³/mol. The second kappa shape index (κ2) is 5.50. The Bertz CT molecular complexity index is 638. The first-order valence-corrected chi connectivity index (χ1v) is 7.22. The number of aryl methyl sites for hydroxylation is 1. The zero-order valence-electron chi connectivity index (χ0n) is 10.8. The lowest BCUT2D eigenvalue weighted by atomic mass is 10.3. The van der Waals surface area contributed by atoms with Crippen LogP contribution in [0.5, 0.6) is 0 Å². The van der Waals surface area contributed by atoms with Gasteiger partial charge in [0.2, 0.25) is 0 Å². The van der Waals surface area contributed by atoms with E-state index in [0.29, 0.717) is 0 Å². The van der Waals surface area contributed by atoms with Crippen LogP contribution in [0, 0.1) is 0 Å². The van der Waals surface area contributed by atoms with E-state index in [4.69, 9.17) is 0 Å². The molecule has 1 N–H and O–H groups in total. The molecule has 5 heteroatoms. The first kappa shape index (κ1) is 12.3. The summed E-state index contributed by atoms with van der Waals surface area (Å²) in [4.78, 5) is 8.77. The summed E-state index contributed by atoms with van der Waals surface area (Å²) in [5.41, 5.74) is 2.30. The molecule has 0 saturated heterocycles. The third-order valence-corrected chi connectivity index (χ3v) is 4.10. The van der Waals surface area contributed by atoms with Crippen LogP contribution in [0.15, 0.2) is 36.8 Å². The molecule has 0 aliphatic carbocycles. The minimum Gasteiger partial charge on any atom is -0.334 e. The van der Waals surface area contributed by atoms with Crippen LogP contribution in [0.3, 0.4) is 0 Å². The standard InChI is InChI=1S/C14H16N4S/c1-2-18-10-16-8-11(18)7-15-9-14-17-12-5-3-4-6-13(12)19-14/h3-6,8,10,15H,2,7,9H2,1H3. The monoisotopic (exact) mass is 272 g/mol. The predicted octanol–water partition coefficient (Wildman–Crippen LogP) is 2.80. The van der Waals surface area contributed by atoms with Crippen LogP contribution in [0.1, 0.15) is 17.6 Å². The fourth-order valence-electron chi connectivity index (χ4n) is 2.07. The van der Waals surface area contributed by atoms with Crippen molar-refractivity contribution in [1.29, 1.82) is 0 Å². The lowest BCUT2D eigenvalue weighted by Crippen LogP contribution is -2.15. The molecule has 3 aromatic rings. The second-order valence-electron chi connectivity index (χ2n) is 4.35. The fourth-order valence-corrected chi connectivity index (χ4v) is 3.01. The van der Waals surface area contributed by atoms with E-state index < -0.39 is 0 Å². The molecule has 0 amide bonds. The quantitative estimate of drug-likeness (QED) is 0.776. The smallest absolute Gasteiger partial charge is 0.108 e. The molecule has 3 rings (SSSR count). The Morgan fingerprint density at radius 1 is 1.26 bits per heavy atom. The van der Waals surface area contributed by atoms with Crippen LogP contribution >= 0.6 is 11.3 Å². The number of rotatable bonds is 5. The average Bonchev–Trinajstić information content (AvgIpc) is 3.04. The van der Waals surface area contributed by atoms with E-state index in [9.17, 15) is 0 Å². The van der Waals surface area contributed by atoms with E-state index >= 15 is 0 Å². The number of aromatic nitrogens is 3. The third-order valence-electron chi connectivity index (χ3n) is 3.06. The molecule has 0 radical (unpaired) electrons. The Hall–Kier alpha value is -1.72. The molecule has 0 aliphatic rings. The van der Waals surface area contributed by atoms with Crippen molar-refractivity contribution in [2.45, 2.75) is 26.6 Å². The number of imidazole rings is 1. The van der Waals surface area contributed by atoms with Gasteiger partial charge in [0.1, 0.15) is 5.01 Å². The molecular weight excluding hydrogens is 256 g/mol. The van der Waals surface area contributed by atoms with Crippen molar-refractivity contribution in [3.05, 3.63) is 47.5 Å². The largest absolute Gasteiger partial charge is 0.334 e. The van der Waals surface area contributed by atoms with Gasteiger partial charge in [-0.1, -0.05) is 12.1 Å². The van der Waals surface area contributed by atoms with Crippen molar-refractivity contribution in [2.24, 2.45) is 0 Å². The van der Waals surface area contributed by atoms with Gasteiger partial charge >= 0.3 is 0 Å². The normalized spacial score (nSPS) is 11.2. The molecular formula is C14H16N4S. The lowest BCUT2D eigenvalue weighted by Gasteiger charge is -2.05. The van der Waals surface area contributed by atoms with Crippen LogP contribution in [0.2, 0.25) is 0 Å². The molecule has 0 spiro atoms. The highest BCUT2D eigenvalue weighted by atomic mass is 32.1. The summed E-state index contributed by atoms with van der Waals surface area (Å²) in [6.45, 7) is 4.70. The number of nitrogens with one attached hydrogen (secondary N) is 1. The summed E-state index contributed by atoms with van der Waals surface area (Å²) in [7, 11) is 0. The summed E-state index contributed by atoms with van der Waals surface area (Å²) < 4.78 is 3.39. The number of thiazole rings is 1. The minimum atomic E-state index is 0.800. The van der Waals surface area contributed by atoms with Crippen molar-refractivity contribution in [3.63, 3.8) is 0 Å². The Balaban J connectivity index is 1.63. The number of nitrogens with zero attached hydrogens (tertiary/aromatic N) is 3. The first-order valence-electron chi connectivity index (χ1n) is 6.41. The Labute approximate surface area is 116 Å². The van der Waals surface area contributed by atoms with Gasteiger partial charge in [0.15, 0.2) is 0 Å². The van der Waals surface area contributed by atoms with Crippen molar-refractivity contribution in [1.82, 2.24) is 19.9 Å². The summed E-state index contributed by atoms with van der Waals surface area (Å²) in [5.74, 6) is 0. The van der Waals surface area contributed by atoms with Crippen molar-refractivity contribution in [3.8, 4) is 0 Å². The van der Waals surface area contributed by atoms with E-state index in [0.717, 1.165) is 30.2 Å². The summed E-state index contributed by atoms with van der Waals surface area (Å²) in [5, 5.41) is 4.56. The first-order chi connectivity index (χ1) is 9.36. The highest BCUT2D eigenvalue weighted by Gasteiger charge is 2.04. The van der Waals surface area contributed by atoms with Gasteiger partial charge in [0.25, 0.3) is 0 Å². The van der Waals surface area contributed by atoms with Gasteiger partial charge in [0, 0.05) is 25.8 Å². The molecule has 0 aliphatic heterocycles. The molecule has 0 saturated carbocycles. The van der Waals surface area contributed by atoms with E-state index in [1.54, 1.807) is 11.3 Å². The van der Waals surface area contributed by atoms with Crippen molar-refractivity contribution in [2.75, 3.05) is 0 Å². The van der Waals surface area contributed by atoms with Gasteiger partial charge in [-0.25, -0.2) is 9.97 Å². The molecule has 1 aromatic carbocycles. The van der Waals surface area contributed by atoms with Gasteiger partial charge in [-0.2, -0.15) is 0 Å². The molecule has 0 unspecified atom stereocenters. The lowest BCUT2D eigenvalue weighted by molar-refractivity contribution is 0.627. The van der Waals surface area contributed by atoms with Gasteiger partial charge in [0.05, 0.1) is 22.2 Å². The third kappa shape index (κ3) is 2.67. The molecule has 2 heterocycles. The topological polar surface area (TPSA) is 42.7 Å². The van der Waals surface area contributed by atoms with Gasteiger partial charge in [-0.05, 0) is 19.1 Å². The molecule has 0 bridgehead atoms. The minimum absolute atomic E-state index is 0.800. The number of para-hydroxylation sites is 1. The average molecular weight is 272 g/mol. The maximum atomic E-state index is 4.61. The molecule has 0 atom stereocenters. The van der Waals surface area contributed by atoms with Crippen molar-refractivity contribution >= 4 is 21.6 Å². The van der Waals surface area contributed by atoms with Gasteiger partial charge in [-0.3, -0.25) is 0 Å². The summed E-state index contributed by atoms with van der Waals surface area (Å²) in [6.07, 6.45) is 3.78. The van der Waals surface area contributed by atoms with Crippen LogP contribution in [0.4, 0.5) is 0 Å². The van der Waals surface area contributed by atoms with Gasteiger partial charge < -0.3 is 9.88 Å². The fraction of sp³-hybridized carbons (Fsp3) is 0.286. The zero-order chi connectivity index (χ0) is 13.1. The van der Waals surface area contributed by atoms with E-state index in [1.165, 1.54) is 10.4 Å². The zero-order valence-corrected chi connectivity index (χ0v) is 11.7. The molecule has 0 fully saturated rings. The second-order valence-corrected chi connectivity index (χ2v) is 5.47. The number of hydrogen-bond donors (Lipinski definition) is 1.